The van der Waals surface area contributed by atoms with E-state index in [9.17, 15) is 0 Å². The summed E-state index contributed by atoms with van der Waals surface area (Å²) >= 11 is 3.42. The molecule has 0 amide bonds. The topological polar surface area (TPSA) is 12.0 Å². The number of alkyl halides is 1. The van der Waals surface area contributed by atoms with Crippen LogP contribution in [0.25, 0.3) is 0 Å². The lowest BCUT2D eigenvalue weighted by Crippen LogP contribution is -2.28. The van der Waals surface area contributed by atoms with Gasteiger partial charge in [0.05, 0.1) is 0 Å². The molecule has 1 unspecified atom stereocenters. The molecule has 2 heteroatoms. The summed E-state index contributed by atoms with van der Waals surface area (Å²) in [5, 5.41) is 4.51. The molecule has 0 saturated carbocycles. The molecule has 0 aliphatic carbocycles. The van der Waals surface area contributed by atoms with E-state index in [2.05, 4.69) is 35.1 Å². The summed E-state index contributed by atoms with van der Waals surface area (Å²) in [6.07, 6.45) is 2.48. The molecular formula is C7H16BrN. The van der Waals surface area contributed by atoms with Crippen molar-refractivity contribution in [1.29, 1.82) is 0 Å². The Hall–Kier alpha value is 0.440. The molecule has 0 heterocycles. The minimum absolute atomic E-state index is 0.717. The Labute approximate surface area is 66.3 Å². The van der Waals surface area contributed by atoms with Crippen molar-refractivity contribution >= 4 is 15.9 Å². The highest BCUT2D eigenvalue weighted by Crippen LogP contribution is 1.99. The van der Waals surface area contributed by atoms with Crippen LogP contribution in [0.1, 0.15) is 26.7 Å². The van der Waals surface area contributed by atoms with Crippen LogP contribution in [0.2, 0.25) is 0 Å². The number of rotatable bonds is 5. The molecule has 0 aromatic heterocycles. The monoisotopic (exact) mass is 193 g/mol. The summed E-state index contributed by atoms with van der Waals surface area (Å²) in [6.45, 7) is 5.46. The molecule has 0 bridgehead atoms. The van der Waals surface area contributed by atoms with E-state index in [4.69, 9.17) is 0 Å². The van der Waals surface area contributed by atoms with E-state index in [0.717, 1.165) is 17.9 Å². The maximum Gasteiger partial charge on any atom is 0.00722 e. The van der Waals surface area contributed by atoms with Gasteiger partial charge in [-0.3, -0.25) is 0 Å². The highest BCUT2D eigenvalue weighted by molar-refractivity contribution is 9.09. The Morgan fingerprint density at radius 3 is 2.44 bits per heavy atom. The van der Waals surface area contributed by atoms with E-state index in [0.29, 0.717) is 0 Å². The molecule has 1 N–H and O–H groups in total. The first-order chi connectivity index (χ1) is 4.35. The van der Waals surface area contributed by atoms with Gasteiger partial charge in [-0.2, -0.15) is 0 Å². The Morgan fingerprint density at radius 1 is 1.44 bits per heavy atom. The van der Waals surface area contributed by atoms with Gasteiger partial charge in [-0.15, -0.1) is 0 Å². The van der Waals surface area contributed by atoms with Crippen LogP contribution in [-0.4, -0.2) is 17.9 Å². The maximum absolute atomic E-state index is 3.42. The van der Waals surface area contributed by atoms with Crippen molar-refractivity contribution in [1.82, 2.24) is 5.32 Å². The van der Waals surface area contributed by atoms with Crippen LogP contribution in [-0.2, 0) is 0 Å². The van der Waals surface area contributed by atoms with Crippen molar-refractivity contribution in [3.63, 3.8) is 0 Å². The standard InChI is InChI=1S/C7H16BrN/c1-3-7(5-6-8)9-4-2/h7,9H,3-6H2,1-2H3. The van der Waals surface area contributed by atoms with Gasteiger partial charge in [-0.05, 0) is 19.4 Å². The summed E-state index contributed by atoms with van der Waals surface area (Å²) in [4.78, 5) is 0. The highest BCUT2D eigenvalue weighted by atomic mass is 79.9. The predicted molar refractivity (Wildman–Crippen MR) is 46.2 cm³/mol. The number of halogens is 1. The van der Waals surface area contributed by atoms with Crippen LogP contribution in [0.3, 0.4) is 0 Å². The average molecular weight is 194 g/mol. The largest absolute Gasteiger partial charge is 0.314 e. The van der Waals surface area contributed by atoms with Gasteiger partial charge in [0.15, 0.2) is 0 Å². The van der Waals surface area contributed by atoms with Gasteiger partial charge >= 0.3 is 0 Å². The Morgan fingerprint density at radius 2 is 2.11 bits per heavy atom. The van der Waals surface area contributed by atoms with E-state index >= 15 is 0 Å². The molecule has 56 valence electrons. The Bertz CT molecular complexity index is 50.9. The van der Waals surface area contributed by atoms with Crippen LogP contribution < -0.4 is 5.32 Å². The molecule has 0 spiro atoms. The zero-order valence-corrected chi connectivity index (χ0v) is 7.87. The van der Waals surface area contributed by atoms with E-state index < -0.39 is 0 Å². The third kappa shape index (κ3) is 4.91. The molecule has 9 heavy (non-hydrogen) atoms. The second-order valence-electron chi connectivity index (χ2n) is 2.14. The Kier molecular flexibility index (Phi) is 6.88. The third-order valence-electron chi connectivity index (χ3n) is 1.44. The van der Waals surface area contributed by atoms with Gasteiger partial charge in [0.2, 0.25) is 0 Å². The number of nitrogens with one attached hydrogen (secondary N) is 1. The summed E-state index contributed by atoms with van der Waals surface area (Å²) in [6, 6.07) is 0.717. The minimum atomic E-state index is 0.717. The highest BCUT2D eigenvalue weighted by Gasteiger charge is 2.00. The molecule has 0 radical (unpaired) electrons. The second-order valence-corrected chi connectivity index (χ2v) is 2.93. The van der Waals surface area contributed by atoms with E-state index in [1.165, 1.54) is 12.8 Å². The fourth-order valence-electron chi connectivity index (χ4n) is 0.871. The summed E-state index contributed by atoms with van der Waals surface area (Å²) in [5.41, 5.74) is 0. The smallest absolute Gasteiger partial charge is 0.00722 e. The van der Waals surface area contributed by atoms with E-state index in [1.54, 1.807) is 0 Å². The molecule has 0 aliphatic heterocycles. The van der Waals surface area contributed by atoms with Gasteiger partial charge in [0.1, 0.15) is 0 Å². The van der Waals surface area contributed by atoms with Crippen LogP contribution >= 0.6 is 15.9 Å². The molecule has 0 aromatic carbocycles. The van der Waals surface area contributed by atoms with Crippen LogP contribution in [0.4, 0.5) is 0 Å². The third-order valence-corrected chi connectivity index (χ3v) is 1.90. The second kappa shape index (κ2) is 6.56. The maximum atomic E-state index is 3.42. The van der Waals surface area contributed by atoms with Crippen LogP contribution in [0.5, 0.6) is 0 Å². The quantitative estimate of drug-likeness (QED) is 0.661. The van der Waals surface area contributed by atoms with Crippen molar-refractivity contribution in [3.8, 4) is 0 Å². The molecule has 0 aromatic rings. The van der Waals surface area contributed by atoms with Gasteiger partial charge < -0.3 is 5.32 Å². The molecule has 0 rings (SSSR count). The predicted octanol–water partition coefficient (Wildman–Crippen LogP) is 2.16. The molecular weight excluding hydrogens is 178 g/mol. The molecule has 1 nitrogen and oxygen atoms in total. The molecule has 0 saturated heterocycles. The Balaban J connectivity index is 3.18. The lowest BCUT2D eigenvalue weighted by molar-refractivity contribution is 0.503. The minimum Gasteiger partial charge on any atom is -0.314 e. The normalized spacial score (nSPS) is 13.7. The average Bonchev–Trinajstić information content (AvgIpc) is 1.88. The fraction of sp³-hybridized carbons (Fsp3) is 1.00. The van der Waals surface area contributed by atoms with Crippen molar-refractivity contribution in [3.05, 3.63) is 0 Å². The summed E-state index contributed by atoms with van der Waals surface area (Å²) in [5.74, 6) is 0. The van der Waals surface area contributed by atoms with E-state index in [-0.39, 0.29) is 0 Å². The van der Waals surface area contributed by atoms with Crippen LogP contribution in [0, 0.1) is 0 Å². The molecule has 1 atom stereocenters. The van der Waals surface area contributed by atoms with Crippen LogP contribution in [0.15, 0.2) is 0 Å². The van der Waals surface area contributed by atoms with Crippen molar-refractivity contribution in [2.75, 3.05) is 11.9 Å². The summed E-state index contributed by atoms with van der Waals surface area (Å²) < 4.78 is 0. The van der Waals surface area contributed by atoms with Gasteiger partial charge in [0.25, 0.3) is 0 Å². The lowest BCUT2D eigenvalue weighted by atomic mass is 10.2. The van der Waals surface area contributed by atoms with Gasteiger partial charge in [-0.1, -0.05) is 29.8 Å². The van der Waals surface area contributed by atoms with E-state index in [1.807, 2.05) is 0 Å². The van der Waals surface area contributed by atoms with Crippen molar-refractivity contribution in [2.45, 2.75) is 32.7 Å². The van der Waals surface area contributed by atoms with Gasteiger partial charge in [0, 0.05) is 11.4 Å². The first kappa shape index (κ1) is 9.44. The zero-order chi connectivity index (χ0) is 7.11. The van der Waals surface area contributed by atoms with Crippen molar-refractivity contribution in [2.24, 2.45) is 0 Å². The van der Waals surface area contributed by atoms with Crippen molar-refractivity contribution < 1.29 is 0 Å². The first-order valence-corrected chi connectivity index (χ1v) is 4.76. The lowest BCUT2D eigenvalue weighted by Gasteiger charge is -2.12. The molecule has 0 aliphatic rings. The number of hydrogen-bond donors (Lipinski definition) is 1. The first-order valence-electron chi connectivity index (χ1n) is 3.64. The summed E-state index contributed by atoms with van der Waals surface area (Å²) in [7, 11) is 0. The van der Waals surface area contributed by atoms with Gasteiger partial charge in [-0.25, -0.2) is 0 Å². The molecule has 0 fully saturated rings. The zero-order valence-electron chi connectivity index (χ0n) is 6.28. The number of hydrogen-bond acceptors (Lipinski definition) is 1. The fourth-order valence-corrected chi connectivity index (χ4v) is 1.42. The SMILES string of the molecule is CCNC(CC)CCBr.